The van der Waals surface area contributed by atoms with E-state index >= 15 is 0 Å². The molecule has 3 aromatic rings. The molecule has 0 spiro atoms. The second kappa shape index (κ2) is 18.5. The third kappa shape index (κ3) is 11.2. The predicted octanol–water partition coefficient (Wildman–Crippen LogP) is 9.53. The Morgan fingerprint density at radius 3 is 1.93 bits per heavy atom. The number of benzene rings is 3. The topological polar surface area (TPSA) is 99.1 Å². The second-order valence-corrected chi connectivity index (χ2v) is 11.2. The highest BCUT2D eigenvalue weighted by Crippen LogP contribution is 2.28. The first-order valence-corrected chi connectivity index (χ1v) is 16.0. The van der Waals surface area contributed by atoms with Crippen molar-refractivity contribution in [3.05, 3.63) is 83.4 Å². The SMILES string of the molecule is CCCCCCCCOc1ccc(-c2ccc(C(=O)Oc3ccc(C(=O)O[C@H](C)CCCCCC)cc3)cc2C(=O)O)cc1. The van der Waals surface area contributed by atoms with Crippen LogP contribution in [0.4, 0.5) is 0 Å². The average Bonchev–Trinajstić information content (AvgIpc) is 3.03. The Bertz CT molecular complexity index is 1330. The summed E-state index contributed by atoms with van der Waals surface area (Å²) in [4.78, 5) is 37.5. The van der Waals surface area contributed by atoms with Gasteiger partial charge in [0.1, 0.15) is 11.5 Å². The highest BCUT2D eigenvalue weighted by Gasteiger charge is 2.18. The number of hydrogen-bond acceptors (Lipinski definition) is 6. The van der Waals surface area contributed by atoms with Crippen LogP contribution in [0.2, 0.25) is 0 Å². The maximum Gasteiger partial charge on any atom is 0.343 e. The van der Waals surface area contributed by atoms with Gasteiger partial charge in [-0.25, -0.2) is 14.4 Å². The van der Waals surface area contributed by atoms with Crippen LogP contribution in [-0.2, 0) is 4.74 Å². The molecule has 0 aliphatic rings. The molecule has 3 aromatic carbocycles. The molecule has 7 nitrogen and oxygen atoms in total. The lowest BCUT2D eigenvalue weighted by molar-refractivity contribution is 0.0319. The normalized spacial score (nSPS) is 11.5. The summed E-state index contributed by atoms with van der Waals surface area (Å²) < 4.78 is 16.8. The lowest BCUT2D eigenvalue weighted by atomic mass is 9.97. The van der Waals surface area contributed by atoms with Crippen molar-refractivity contribution in [3.63, 3.8) is 0 Å². The number of aromatic carboxylic acids is 1. The van der Waals surface area contributed by atoms with Crippen molar-refractivity contribution in [1.82, 2.24) is 0 Å². The molecule has 0 saturated heterocycles. The van der Waals surface area contributed by atoms with Crippen molar-refractivity contribution >= 4 is 17.9 Å². The minimum Gasteiger partial charge on any atom is -0.494 e. The largest absolute Gasteiger partial charge is 0.494 e. The van der Waals surface area contributed by atoms with Gasteiger partial charge < -0.3 is 19.3 Å². The van der Waals surface area contributed by atoms with Gasteiger partial charge in [0, 0.05) is 0 Å². The van der Waals surface area contributed by atoms with Gasteiger partial charge in [-0.2, -0.15) is 0 Å². The molecule has 0 bridgehead atoms. The molecule has 0 aliphatic heterocycles. The summed E-state index contributed by atoms with van der Waals surface area (Å²) in [5.74, 6) is -1.31. The van der Waals surface area contributed by atoms with Crippen LogP contribution in [0.3, 0.4) is 0 Å². The minimum absolute atomic E-state index is 0.0119. The lowest BCUT2D eigenvalue weighted by Gasteiger charge is -2.13. The monoisotopic (exact) mass is 602 g/mol. The van der Waals surface area contributed by atoms with E-state index < -0.39 is 17.9 Å². The van der Waals surface area contributed by atoms with Crippen LogP contribution < -0.4 is 9.47 Å². The summed E-state index contributed by atoms with van der Waals surface area (Å²) in [6.07, 6.45) is 12.2. The van der Waals surface area contributed by atoms with Crippen LogP contribution in [0.25, 0.3) is 11.1 Å². The first-order valence-electron chi connectivity index (χ1n) is 16.0. The first kappa shape index (κ1) is 34.4. The zero-order chi connectivity index (χ0) is 31.7. The van der Waals surface area contributed by atoms with Gasteiger partial charge in [0.2, 0.25) is 0 Å². The molecule has 0 radical (unpaired) electrons. The fraction of sp³-hybridized carbons (Fsp3) is 0.432. The van der Waals surface area contributed by atoms with Crippen molar-refractivity contribution in [1.29, 1.82) is 0 Å². The summed E-state index contributed by atoms with van der Waals surface area (Å²) in [5.41, 5.74) is 1.64. The zero-order valence-electron chi connectivity index (χ0n) is 26.3. The van der Waals surface area contributed by atoms with E-state index in [4.69, 9.17) is 14.2 Å². The number of unbranched alkanes of at least 4 members (excludes halogenated alkanes) is 8. The summed E-state index contributed by atoms with van der Waals surface area (Å²) in [5, 5.41) is 9.89. The number of carbonyl (C=O) groups excluding carboxylic acids is 2. The Labute approximate surface area is 261 Å². The van der Waals surface area contributed by atoms with Crippen molar-refractivity contribution < 1.29 is 33.7 Å². The molecule has 1 atom stereocenters. The van der Waals surface area contributed by atoms with Crippen LogP contribution in [0, 0.1) is 0 Å². The van der Waals surface area contributed by atoms with Crippen LogP contribution in [-0.4, -0.2) is 35.7 Å². The fourth-order valence-electron chi connectivity index (χ4n) is 4.90. The number of hydrogen-bond donors (Lipinski definition) is 1. The molecule has 0 amide bonds. The van der Waals surface area contributed by atoms with E-state index in [0.717, 1.165) is 44.3 Å². The van der Waals surface area contributed by atoms with E-state index in [1.165, 1.54) is 50.3 Å². The molecule has 0 saturated carbocycles. The number of ether oxygens (including phenoxy) is 3. The van der Waals surface area contributed by atoms with Gasteiger partial charge in [-0.1, -0.05) is 83.4 Å². The van der Waals surface area contributed by atoms with Crippen LogP contribution in [0.15, 0.2) is 66.7 Å². The van der Waals surface area contributed by atoms with E-state index in [-0.39, 0.29) is 23.0 Å². The highest BCUT2D eigenvalue weighted by molar-refractivity contribution is 6.00. The smallest absolute Gasteiger partial charge is 0.343 e. The predicted molar refractivity (Wildman–Crippen MR) is 173 cm³/mol. The van der Waals surface area contributed by atoms with Gasteiger partial charge in [0.05, 0.1) is 29.4 Å². The number of carbonyl (C=O) groups is 3. The summed E-state index contributed by atoms with van der Waals surface area (Å²) >= 11 is 0. The van der Waals surface area contributed by atoms with Crippen molar-refractivity contribution in [3.8, 4) is 22.6 Å². The summed E-state index contributed by atoms with van der Waals surface area (Å²) in [7, 11) is 0. The van der Waals surface area contributed by atoms with E-state index in [1.54, 1.807) is 24.3 Å². The third-order valence-corrected chi connectivity index (χ3v) is 7.49. The van der Waals surface area contributed by atoms with Crippen LogP contribution in [0.1, 0.15) is 122 Å². The molecule has 236 valence electrons. The minimum atomic E-state index is -1.15. The van der Waals surface area contributed by atoms with Gasteiger partial charge in [0.25, 0.3) is 0 Å². The zero-order valence-corrected chi connectivity index (χ0v) is 26.3. The van der Waals surface area contributed by atoms with Crippen LogP contribution in [0.5, 0.6) is 11.5 Å². The van der Waals surface area contributed by atoms with Gasteiger partial charge in [-0.3, -0.25) is 0 Å². The molecule has 44 heavy (non-hydrogen) atoms. The Morgan fingerprint density at radius 2 is 1.27 bits per heavy atom. The molecule has 0 fully saturated rings. The Balaban J connectivity index is 1.57. The molecular formula is C37H46O7. The maximum atomic E-state index is 12.9. The Hall–Kier alpha value is -4.13. The summed E-state index contributed by atoms with van der Waals surface area (Å²) in [6.45, 7) is 6.89. The number of esters is 2. The van der Waals surface area contributed by atoms with Crippen molar-refractivity contribution in [2.45, 2.75) is 97.5 Å². The number of rotatable bonds is 19. The first-order chi connectivity index (χ1) is 21.3. The number of carboxylic acid groups (broad SMARTS) is 1. The Kier molecular flexibility index (Phi) is 14.5. The standard InChI is InChI=1S/C37H46O7/c1-4-6-8-10-11-13-25-42-31-20-15-28(16-21-31)33-24-19-30(26-34(33)35(38)39)37(41)44-32-22-17-29(18-23-32)36(40)43-27(3)14-12-9-7-5-2/h15-24,26-27H,4-14,25H2,1-3H3,(H,38,39)/t27-/m1/s1. The van der Waals surface area contributed by atoms with E-state index in [0.29, 0.717) is 23.3 Å². The average molecular weight is 603 g/mol. The van der Waals surface area contributed by atoms with Crippen molar-refractivity contribution in [2.24, 2.45) is 0 Å². The van der Waals surface area contributed by atoms with Crippen LogP contribution >= 0.6 is 0 Å². The molecule has 7 heteroatoms. The fourth-order valence-corrected chi connectivity index (χ4v) is 4.90. The van der Waals surface area contributed by atoms with E-state index in [1.807, 2.05) is 31.2 Å². The number of carboxylic acids is 1. The maximum absolute atomic E-state index is 12.9. The molecule has 0 unspecified atom stereocenters. The van der Waals surface area contributed by atoms with Gasteiger partial charge >= 0.3 is 17.9 Å². The van der Waals surface area contributed by atoms with Gasteiger partial charge in [-0.05, 0) is 85.8 Å². The molecule has 0 aromatic heterocycles. The molecular weight excluding hydrogens is 556 g/mol. The molecule has 3 rings (SSSR count). The third-order valence-electron chi connectivity index (χ3n) is 7.49. The second-order valence-electron chi connectivity index (χ2n) is 11.2. The van der Waals surface area contributed by atoms with E-state index in [9.17, 15) is 19.5 Å². The molecule has 0 aliphatic carbocycles. The van der Waals surface area contributed by atoms with Crippen molar-refractivity contribution in [2.75, 3.05) is 6.61 Å². The van der Waals surface area contributed by atoms with Gasteiger partial charge in [0.15, 0.2) is 0 Å². The quantitative estimate of drug-likeness (QED) is 0.0828. The van der Waals surface area contributed by atoms with E-state index in [2.05, 4.69) is 13.8 Å². The molecule has 1 N–H and O–H groups in total. The lowest BCUT2D eigenvalue weighted by Crippen LogP contribution is -2.15. The highest BCUT2D eigenvalue weighted by atomic mass is 16.5. The van der Waals surface area contributed by atoms with Gasteiger partial charge in [-0.15, -0.1) is 0 Å². The molecule has 0 heterocycles. The summed E-state index contributed by atoms with van der Waals surface area (Å²) in [6, 6.07) is 17.9. The Morgan fingerprint density at radius 1 is 0.682 bits per heavy atom.